The first-order chi connectivity index (χ1) is 9.20. The van der Waals surface area contributed by atoms with Gasteiger partial charge < -0.3 is 4.98 Å². The van der Waals surface area contributed by atoms with E-state index >= 15 is 0 Å². The highest BCUT2D eigenvalue weighted by Crippen LogP contribution is 2.14. The van der Waals surface area contributed by atoms with Crippen molar-refractivity contribution < 1.29 is 0 Å². The highest BCUT2D eigenvalue weighted by molar-refractivity contribution is 5.74. The molecule has 0 saturated carbocycles. The van der Waals surface area contributed by atoms with E-state index in [1.807, 2.05) is 6.92 Å². The minimum atomic E-state index is -0.491. The number of H-pyrrole nitrogens is 3. The van der Waals surface area contributed by atoms with Crippen molar-refractivity contribution in [3.63, 3.8) is 0 Å². The summed E-state index contributed by atoms with van der Waals surface area (Å²) in [7, 11) is 0. The van der Waals surface area contributed by atoms with Crippen LogP contribution in [0, 0.1) is 0 Å². The minimum absolute atomic E-state index is 0.256. The maximum Gasteiger partial charge on any atom is 0.330 e. The lowest BCUT2D eigenvalue weighted by molar-refractivity contribution is 0.653. The van der Waals surface area contributed by atoms with Crippen molar-refractivity contribution in [3.8, 4) is 11.5 Å². The Morgan fingerprint density at radius 2 is 2.16 bits per heavy atom. The Hall–Kier alpha value is -2.71. The molecule has 9 nitrogen and oxygen atoms in total. The van der Waals surface area contributed by atoms with Crippen molar-refractivity contribution in [1.29, 1.82) is 0 Å². The number of nitrogens with zero attached hydrogens (tertiary/aromatic N) is 4. The molecule has 19 heavy (non-hydrogen) atoms. The highest BCUT2D eigenvalue weighted by Gasteiger charge is 2.14. The van der Waals surface area contributed by atoms with Gasteiger partial charge in [0.15, 0.2) is 11.5 Å². The molecule has 3 rings (SSSR count). The van der Waals surface area contributed by atoms with Gasteiger partial charge in [-0.25, -0.2) is 9.78 Å². The number of rotatable bonds is 3. The largest absolute Gasteiger partial charge is 0.331 e. The second-order valence-electron chi connectivity index (χ2n) is 4.05. The second-order valence-corrected chi connectivity index (χ2v) is 4.05. The van der Waals surface area contributed by atoms with Crippen LogP contribution in [-0.2, 0) is 6.54 Å². The van der Waals surface area contributed by atoms with E-state index in [0.29, 0.717) is 23.7 Å². The highest BCUT2D eigenvalue weighted by atomic mass is 16.2. The van der Waals surface area contributed by atoms with Crippen LogP contribution in [0.1, 0.15) is 13.3 Å². The molecule has 0 aliphatic heterocycles. The fourth-order valence-electron chi connectivity index (χ4n) is 1.91. The molecule has 0 atom stereocenters. The van der Waals surface area contributed by atoms with Crippen LogP contribution in [-0.4, -0.2) is 34.9 Å². The summed E-state index contributed by atoms with van der Waals surface area (Å²) in [6.07, 6.45) is 2.24. The quantitative estimate of drug-likeness (QED) is 0.592. The SMILES string of the molecule is CCCn1c(=O)[nH]c(=O)c2[nH]c(-c3cn[nH]n3)nc21. The Labute approximate surface area is 105 Å². The first kappa shape index (κ1) is 11.4. The Morgan fingerprint density at radius 3 is 2.84 bits per heavy atom. The van der Waals surface area contributed by atoms with Crippen molar-refractivity contribution in [2.75, 3.05) is 0 Å². The van der Waals surface area contributed by atoms with Gasteiger partial charge in [0.25, 0.3) is 5.56 Å². The molecular weight excluding hydrogens is 250 g/mol. The fourth-order valence-corrected chi connectivity index (χ4v) is 1.91. The smallest absolute Gasteiger partial charge is 0.330 e. The molecule has 0 aliphatic rings. The molecule has 0 unspecified atom stereocenters. The molecule has 0 aromatic carbocycles. The van der Waals surface area contributed by atoms with Crippen molar-refractivity contribution in [1.82, 2.24) is 34.9 Å². The maximum atomic E-state index is 11.8. The van der Waals surface area contributed by atoms with Gasteiger partial charge in [-0.1, -0.05) is 6.92 Å². The summed E-state index contributed by atoms with van der Waals surface area (Å²) in [5.41, 5.74) is 0.109. The summed E-state index contributed by atoms with van der Waals surface area (Å²) >= 11 is 0. The van der Waals surface area contributed by atoms with Gasteiger partial charge in [0.2, 0.25) is 0 Å². The zero-order valence-corrected chi connectivity index (χ0v) is 10.1. The predicted molar refractivity (Wildman–Crippen MR) is 66.6 cm³/mol. The molecule has 0 bridgehead atoms. The molecule has 3 N–H and O–H groups in total. The number of hydrogen-bond donors (Lipinski definition) is 3. The topological polar surface area (TPSA) is 125 Å². The zero-order chi connectivity index (χ0) is 13.4. The maximum absolute atomic E-state index is 11.8. The Morgan fingerprint density at radius 1 is 1.32 bits per heavy atom. The Kier molecular flexibility index (Phi) is 2.51. The Bertz CT molecular complexity index is 824. The number of aryl methyl sites for hydroxylation is 1. The molecule has 9 heteroatoms. The molecule has 0 radical (unpaired) electrons. The summed E-state index contributed by atoms with van der Waals surface area (Å²) in [5.74, 6) is 0.393. The predicted octanol–water partition coefficient (Wildman–Crippen LogP) is -0.392. The van der Waals surface area contributed by atoms with E-state index < -0.39 is 11.2 Å². The van der Waals surface area contributed by atoms with E-state index in [1.54, 1.807) is 0 Å². The van der Waals surface area contributed by atoms with Crippen molar-refractivity contribution in [2.24, 2.45) is 0 Å². The molecule has 0 fully saturated rings. The summed E-state index contributed by atoms with van der Waals surface area (Å²) in [6, 6.07) is 0. The van der Waals surface area contributed by atoms with Crippen LogP contribution in [0.2, 0.25) is 0 Å². The third-order valence-electron chi connectivity index (χ3n) is 2.74. The number of aromatic amines is 3. The zero-order valence-electron chi connectivity index (χ0n) is 10.1. The number of fused-ring (bicyclic) bond motifs is 1. The fraction of sp³-hybridized carbons (Fsp3) is 0.300. The lowest BCUT2D eigenvalue weighted by Crippen LogP contribution is -2.30. The molecule has 0 aliphatic carbocycles. The van der Waals surface area contributed by atoms with E-state index in [4.69, 9.17) is 0 Å². The van der Waals surface area contributed by atoms with Gasteiger partial charge in [-0.3, -0.25) is 14.3 Å². The molecule has 0 saturated heterocycles. The minimum Gasteiger partial charge on any atom is -0.331 e. The van der Waals surface area contributed by atoms with Crippen LogP contribution in [0.15, 0.2) is 15.8 Å². The third kappa shape index (κ3) is 1.75. The van der Waals surface area contributed by atoms with Crippen molar-refractivity contribution in [3.05, 3.63) is 27.0 Å². The van der Waals surface area contributed by atoms with Gasteiger partial charge in [0, 0.05) is 6.54 Å². The van der Waals surface area contributed by atoms with Crippen molar-refractivity contribution >= 4 is 11.2 Å². The Balaban J connectivity index is 2.32. The second kappa shape index (κ2) is 4.19. The number of imidazole rings is 1. The lowest BCUT2D eigenvalue weighted by Gasteiger charge is -2.02. The van der Waals surface area contributed by atoms with E-state index in [2.05, 4.69) is 30.4 Å². The van der Waals surface area contributed by atoms with Crippen LogP contribution >= 0.6 is 0 Å². The van der Waals surface area contributed by atoms with E-state index in [0.717, 1.165) is 6.42 Å². The monoisotopic (exact) mass is 261 g/mol. The average Bonchev–Trinajstić information content (AvgIpc) is 3.02. The lowest BCUT2D eigenvalue weighted by atomic mass is 10.4. The van der Waals surface area contributed by atoms with Crippen LogP contribution < -0.4 is 11.2 Å². The number of hydrogen-bond acceptors (Lipinski definition) is 5. The van der Waals surface area contributed by atoms with Gasteiger partial charge in [-0.05, 0) is 6.42 Å². The average molecular weight is 261 g/mol. The van der Waals surface area contributed by atoms with Crippen LogP contribution in [0.25, 0.3) is 22.7 Å². The molecule has 0 amide bonds. The third-order valence-corrected chi connectivity index (χ3v) is 2.74. The van der Waals surface area contributed by atoms with E-state index in [1.165, 1.54) is 10.8 Å². The summed E-state index contributed by atoms with van der Waals surface area (Å²) in [4.78, 5) is 32.9. The molecule has 3 aromatic rings. The molecule has 3 aromatic heterocycles. The van der Waals surface area contributed by atoms with Crippen molar-refractivity contribution in [2.45, 2.75) is 19.9 Å². The molecule has 0 spiro atoms. The van der Waals surface area contributed by atoms with Gasteiger partial charge >= 0.3 is 5.69 Å². The number of nitrogens with one attached hydrogen (secondary N) is 3. The molecule has 3 heterocycles. The van der Waals surface area contributed by atoms with Crippen LogP contribution in [0.5, 0.6) is 0 Å². The summed E-state index contributed by atoms with van der Waals surface area (Å²) in [6.45, 7) is 2.42. The standard InChI is InChI=1S/C10H11N7O2/c1-2-3-17-8-6(9(18)14-10(17)19)12-7(13-8)5-4-11-16-15-5/h4H,2-3H2,1H3,(H,12,13)(H,11,15,16)(H,14,18,19). The summed E-state index contributed by atoms with van der Waals surface area (Å²) in [5, 5.41) is 10.0. The first-order valence-corrected chi connectivity index (χ1v) is 5.79. The van der Waals surface area contributed by atoms with E-state index in [-0.39, 0.29) is 5.52 Å². The van der Waals surface area contributed by atoms with Crippen LogP contribution in [0.4, 0.5) is 0 Å². The van der Waals surface area contributed by atoms with E-state index in [9.17, 15) is 9.59 Å². The summed E-state index contributed by atoms with van der Waals surface area (Å²) < 4.78 is 1.43. The first-order valence-electron chi connectivity index (χ1n) is 5.79. The van der Waals surface area contributed by atoms with Gasteiger partial charge in [0.1, 0.15) is 11.2 Å². The molecule has 98 valence electrons. The van der Waals surface area contributed by atoms with Gasteiger partial charge in [0.05, 0.1) is 6.20 Å². The van der Waals surface area contributed by atoms with Crippen LogP contribution in [0.3, 0.4) is 0 Å². The van der Waals surface area contributed by atoms with Gasteiger partial charge in [-0.15, -0.1) is 0 Å². The molecular formula is C10H11N7O2. The van der Waals surface area contributed by atoms with Gasteiger partial charge in [-0.2, -0.15) is 15.4 Å². The normalized spacial score (nSPS) is 11.2. The number of aromatic nitrogens is 7.